The van der Waals surface area contributed by atoms with Crippen LogP contribution in [0.15, 0.2) is 39.8 Å². The minimum absolute atomic E-state index is 0.0580. The van der Waals surface area contributed by atoms with Crippen LogP contribution >= 0.6 is 0 Å². The van der Waals surface area contributed by atoms with Gasteiger partial charge in [-0.05, 0) is 31.2 Å². The second-order valence-electron chi connectivity index (χ2n) is 4.30. The van der Waals surface area contributed by atoms with Crippen LogP contribution in [0.1, 0.15) is 11.5 Å². The van der Waals surface area contributed by atoms with Crippen molar-refractivity contribution in [2.24, 2.45) is 0 Å². The first-order chi connectivity index (χ1) is 10.0. The van der Waals surface area contributed by atoms with E-state index in [-0.39, 0.29) is 24.7 Å². The highest BCUT2D eigenvalue weighted by Crippen LogP contribution is 2.16. The Labute approximate surface area is 122 Å². The Kier molecular flexibility index (Phi) is 4.94. The van der Waals surface area contributed by atoms with Gasteiger partial charge in [0.25, 0.3) is 0 Å². The van der Waals surface area contributed by atoms with E-state index >= 15 is 0 Å². The molecule has 2 rings (SSSR count). The van der Waals surface area contributed by atoms with Crippen LogP contribution in [0.3, 0.4) is 0 Å². The first kappa shape index (κ1) is 15.5. The van der Waals surface area contributed by atoms with Crippen LogP contribution in [0.25, 0.3) is 0 Å². The summed E-state index contributed by atoms with van der Waals surface area (Å²) < 4.78 is 36.6. The lowest BCUT2D eigenvalue weighted by Gasteiger charge is -2.07. The van der Waals surface area contributed by atoms with Crippen molar-refractivity contribution in [3.05, 3.63) is 41.8 Å². The van der Waals surface area contributed by atoms with Crippen molar-refractivity contribution in [2.75, 3.05) is 13.2 Å². The van der Waals surface area contributed by atoms with Crippen LogP contribution in [0, 0.1) is 6.92 Å². The zero-order valence-corrected chi connectivity index (χ0v) is 12.3. The molecule has 0 fully saturated rings. The van der Waals surface area contributed by atoms with E-state index in [1.54, 1.807) is 13.0 Å². The zero-order valence-electron chi connectivity index (χ0n) is 11.4. The fraction of sp³-hybridized carbons (Fsp3) is 0.308. The van der Waals surface area contributed by atoms with Crippen LogP contribution in [0.5, 0.6) is 5.75 Å². The molecule has 2 N–H and O–H groups in total. The summed E-state index contributed by atoms with van der Waals surface area (Å²) in [5.41, 5.74) is 0.513. The first-order valence-corrected chi connectivity index (χ1v) is 7.75. The number of aromatic nitrogens is 1. The summed E-state index contributed by atoms with van der Waals surface area (Å²) in [6, 6.07) is 7.59. The third-order valence-corrected chi connectivity index (χ3v) is 4.03. The summed E-state index contributed by atoms with van der Waals surface area (Å²) in [4.78, 5) is 0.124. The SMILES string of the molecule is Cc1cc(CNS(=O)(=O)c2ccc(OCCO)cc2)no1. The number of rotatable bonds is 7. The van der Waals surface area contributed by atoms with Gasteiger partial charge in [0.15, 0.2) is 0 Å². The topological polar surface area (TPSA) is 102 Å². The summed E-state index contributed by atoms with van der Waals surface area (Å²) in [6.45, 7) is 1.85. The van der Waals surface area contributed by atoms with Crippen molar-refractivity contribution >= 4 is 10.0 Å². The van der Waals surface area contributed by atoms with Crippen LogP contribution in [-0.2, 0) is 16.6 Å². The lowest BCUT2D eigenvalue weighted by molar-refractivity contribution is 0.201. The highest BCUT2D eigenvalue weighted by molar-refractivity contribution is 7.89. The van der Waals surface area contributed by atoms with Gasteiger partial charge in [-0.25, -0.2) is 13.1 Å². The van der Waals surface area contributed by atoms with Gasteiger partial charge in [0.1, 0.15) is 18.1 Å². The van der Waals surface area contributed by atoms with E-state index in [0.717, 1.165) is 0 Å². The molecule has 1 heterocycles. The van der Waals surface area contributed by atoms with E-state index in [0.29, 0.717) is 17.2 Å². The molecule has 7 nitrogen and oxygen atoms in total. The summed E-state index contributed by atoms with van der Waals surface area (Å²) in [5.74, 6) is 1.12. The average molecular weight is 312 g/mol. The molecule has 0 bridgehead atoms. The molecule has 2 aromatic rings. The molecule has 0 spiro atoms. The predicted octanol–water partition coefficient (Wildman–Crippen LogP) is 0.833. The van der Waals surface area contributed by atoms with E-state index in [1.807, 2.05) is 0 Å². The predicted molar refractivity (Wildman–Crippen MR) is 74.3 cm³/mol. The number of nitrogens with one attached hydrogen (secondary N) is 1. The Morgan fingerprint density at radius 3 is 2.62 bits per heavy atom. The highest BCUT2D eigenvalue weighted by Gasteiger charge is 2.14. The Morgan fingerprint density at radius 1 is 1.33 bits per heavy atom. The van der Waals surface area contributed by atoms with Crippen LogP contribution in [0.4, 0.5) is 0 Å². The molecule has 0 unspecified atom stereocenters. The van der Waals surface area contributed by atoms with E-state index in [4.69, 9.17) is 14.4 Å². The number of aliphatic hydroxyl groups is 1. The second kappa shape index (κ2) is 6.70. The number of sulfonamides is 1. The van der Waals surface area contributed by atoms with Crippen molar-refractivity contribution < 1.29 is 22.8 Å². The quantitative estimate of drug-likeness (QED) is 0.785. The Morgan fingerprint density at radius 2 is 2.05 bits per heavy atom. The molecule has 1 aromatic carbocycles. The van der Waals surface area contributed by atoms with Gasteiger partial charge < -0.3 is 14.4 Å². The van der Waals surface area contributed by atoms with E-state index < -0.39 is 10.0 Å². The monoisotopic (exact) mass is 312 g/mol. The van der Waals surface area contributed by atoms with Crippen molar-refractivity contribution in [3.8, 4) is 5.75 Å². The number of hydrogen-bond acceptors (Lipinski definition) is 6. The fourth-order valence-electron chi connectivity index (χ4n) is 1.63. The molecule has 0 radical (unpaired) electrons. The molecule has 114 valence electrons. The van der Waals surface area contributed by atoms with Gasteiger partial charge in [0.05, 0.1) is 23.7 Å². The molecule has 8 heteroatoms. The molecule has 0 saturated heterocycles. The standard InChI is InChI=1S/C13H16N2O5S/c1-10-8-11(15-20-10)9-14-21(17,18)13-4-2-12(3-5-13)19-7-6-16/h2-5,8,14,16H,6-7,9H2,1H3. The molecule has 21 heavy (non-hydrogen) atoms. The van der Waals surface area contributed by atoms with E-state index in [2.05, 4.69) is 9.88 Å². The lowest BCUT2D eigenvalue weighted by atomic mass is 10.3. The maximum absolute atomic E-state index is 12.1. The number of benzene rings is 1. The maximum atomic E-state index is 12.1. The molecule has 1 aromatic heterocycles. The number of aryl methyl sites for hydroxylation is 1. The largest absolute Gasteiger partial charge is 0.491 e. The molecule has 0 amide bonds. The molecular formula is C13H16N2O5S. The summed E-state index contributed by atoms with van der Waals surface area (Å²) in [6.07, 6.45) is 0. The lowest BCUT2D eigenvalue weighted by Crippen LogP contribution is -2.23. The number of aliphatic hydroxyl groups excluding tert-OH is 1. The average Bonchev–Trinajstić information content (AvgIpc) is 2.89. The summed E-state index contributed by atoms with van der Waals surface area (Å²) in [5, 5.41) is 12.4. The van der Waals surface area contributed by atoms with Gasteiger partial charge in [-0.2, -0.15) is 0 Å². The Balaban J connectivity index is 2.01. The highest BCUT2D eigenvalue weighted by atomic mass is 32.2. The number of ether oxygens (including phenoxy) is 1. The van der Waals surface area contributed by atoms with E-state index in [9.17, 15) is 8.42 Å². The van der Waals surface area contributed by atoms with Crippen LogP contribution in [-0.4, -0.2) is 31.9 Å². The number of nitrogens with zero attached hydrogens (tertiary/aromatic N) is 1. The van der Waals surface area contributed by atoms with Gasteiger partial charge in [0.2, 0.25) is 10.0 Å². The Hall–Kier alpha value is -1.90. The van der Waals surface area contributed by atoms with Crippen molar-refractivity contribution in [1.29, 1.82) is 0 Å². The van der Waals surface area contributed by atoms with E-state index in [1.165, 1.54) is 24.3 Å². The summed E-state index contributed by atoms with van der Waals surface area (Å²) >= 11 is 0. The smallest absolute Gasteiger partial charge is 0.240 e. The van der Waals surface area contributed by atoms with Crippen LogP contribution in [0.2, 0.25) is 0 Å². The van der Waals surface area contributed by atoms with Gasteiger partial charge >= 0.3 is 0 Å². The number of hydrogen-bond donors (Lipinski definition) is 2. The van der Waals surface area contributed by atoms with Gasteiger partial charge in [-0.15, -0.1) is 0 Å². The third kappa shape index (κ3) is 4.28. The minimum Gasteiger partial charge on any atom is -0.491 e. The van der Waals surface area contributed by atoms with Gasteiger partial charge in [-0.3, -0.25) is 0 Å². The van der Waals surface area contributed by atoms with Crippen molar-refractivity contribution in [3.63, 3.8) is 0 Å². The molecule has 0 atom stereocenters. The molecular weight excluding hydrogens is 296 g/mol. The Bertz CT molecular complexity index is 679. The normalized spacial score (nSPS) is 11.5. The van der Waals surface area contributed by atoms with Crippen molar-refractivity contribution in [1.82, 2.24) is 9.88 Å². The third-order valence-electron chi connectivity index (χ3n) is 2.61. The molecule has 0 saturated carbocycles. The fourth-order valence-corrected chi connectivity index (χ4v) is 2.63. The molecule has 0 aliphatic rings. The van der Waals surface area contributed by atoms with Gasteiger partial charge in [0, 0.05) is 6.07 Å². The zero-order chi connectivity index (χ0) is 15.3. The molecule has 0 aliphatic carbocycles. The van der Waals surface area contributed by atoms with Crippen LogP contribution < -0.4 is 9.46 Å². The summed E-state index contributed by atoms with van der Waals surface area (Å²) in [7, 11) is -3.62. The first-order valence-electron chi connectivity index (χ1n) is 6.27. The van der Waals surface area contributed by atoms with Crippen molar-refractivity contribution in [2.45, 2.75) is 18.4 Å². The van der Waals surface area contributed by atoms with Gasteiger partial charge in [-0.1, -0.05) is 5.16 Å². The second-order valence-corrected chi connectivity index (χ2v) is 6.06. The maximum Gasteiger partial charge on any atom is 0.240 e. The minimum atomic E-state index is -3.62. The molecule has 0 aliphatic heterocycles.